The molecule has 0 aliphatic heterocycles. The number of hydrogen-bond acceptors (Lipinski definition) is 4. The highest BCUT2D eigenvalue weighted by atomic mass is 16.3. The van der Waals surface area contributed by atoms with Gasteiger partial charge < -0.3 is 10.4 Å². The molecule has 0 fully saturated rings. The van der Waals surface area contributed by atoms with Gasteiger partial charge in [0, 0.05) is 12.7 Å². The summed E-state index contributed by atoms with van der Waals surface area (Å²) < 4.78 is 0. The Labute approximate surface area is 101 Å². The van der Waals surface area contributed by atoms with Crippen LogP contribution in [0.3, 0.4) is 0 Å². The lowest BCUT2D eigenvalue weighted by Gasteiger charge is -2.09. The van der Waals surface area contributed by atoms with Crippen LogP contribution in [0.5, 0.6) is 0 Å². The lowest BCUT2D eigenvalue weighted by Crippen LogP contribution is -2.28. The Bertz CT molecular complexity index is 393. The summed E-state index contributed by atoms with van der Waals surface area (Å²) in [5, 5.41) is 12.1. The van der Waals surface area contributed by atoms with E-state index in [0.717, 1.165) is 0 Å². The van der Waals surface area contributed by atoms with E-state index >= 15 is 0 Å². The number of rotatable bonds is 5. The van der Waals surface area contributed by atoms with Gasteiger partial charge in [-0.3, -0.25) is 4.79 Å². The van der Waals surface area contributed by atoms with Crippen LogP contribution < -0.4 is 5.32 Å². The van der Waals surface area contributed by atoms with Crippen molar-refractivity contribution in [1.82, 2.24) is 15.3 Å². The van der Waals surface area contributed by atoms with Crippen LogP contribution in [-0.4, -0.2) is 33.6 Å². The number of amides is 1. The number of nitrogens with one attached hydrogen (secondary N) is 1. The van der Waals surface area contributed by atoms with Gasteiger partial charge >= 0.3 is 0 Å². The highest BCUT2D eigenvalue weighted by Gasteiger charge is 2.10. The number of carbonyl (C=O) groups is 1. The number of aryl methyl sites for hydroxylation is 2. The molecule has 1 aromatic rings. The summed E-state index contributed by atoms with van der Waals surface area (Å²) in [6.45, 7) is 5.93. The molecule has 0 aromatic carbocycles. The van der Waals surface area contributed by atoms with Crippen molar-refractivity contribution in [3.8, 4) is 0 Å². The Morgan fingerprint density at radius 3 is 2.82 bits per heavy atom. The maximum Gasteiger partial charge on any atom is 0.254 e. The molecular weight excluding hydrogens is 218 g/mol. The first kappa shape index (κ1) is 13.6. The van der Waals surface area contributed by atoms with Crippen molar-refractivity contribution in [3.63, 3.8) is 0 Å². The monoisotopic (exact) mass is 237 g/mol. The zero-order valence-electron chi connectivity index (χ0n) is 10.5. The smallest absolute Gasteiger partial charge is 0.254 e. The fourth-order valence-electron chi connectivity index (χ4n) is 1.46. The maximum atomic E-state index is 11.8. The van der Waals surface area contributed by atoms with Crippen LogP contribution in [0.15, 0.2) is 6.20 Å². The molecule has 5 heteroatoms. The molecule has 0 saturated carbocycles. The third-order valence-electron chi connectivity index (χ3n) is 2.58. The van der Waals surface area contributed by atoms with Gasteiger partial charge in [0.1, 0.15) is 5.82 Å². The summed E-state index contributed by atoms with van der Waals surface area (Å²) in [7, 11) is 0. The van der Waals surface area contributed by atoms with Gasteiger partial charge in [0.2, 0.25) is 0 Å². The second-order valence-corrected chi connectivity index (χ2v) is 4.02. The van der Waals surface area contributed by atoms with Gasteiger partial charge in [0.05, 0.1) is 17.4 Å². The van der Waals surface area contributed by atoms with E-state index in [0.29, 0.717) is 36.5 Å². The number of nitrogens with zero attached hydrogens (tertiary/aromatic N) is 2. The van der Waals surface area contributed by atoms with E-state index in [4.69, 9.17) is 0 Å². The minimum absolute atomic E-state index is 0.189. The third kappa shape index (κ3) is 4.11. The van der Waals surface area contributed by atoms with Crippen molar-refractivity contribution in [1.29, 1.82) is 0 Å². The standard InChI is InChI=1S/C12H19N3O2/c1-4-10(16)5-6-13-12(17)11-7-14-9(3)15-8(11)2/h7,10,16H,4-6H2,1-3H3,(H,13,17). The Balaban J connectivity index is 2.52. The van der Waals surface area contributed by atoms with Gasteiger partial charge in [0.15, 0.2) is 0 Å². The average molecular weight is 237 g/mol. The highest BCUT2D eigenvalue weighted by Crippen LogP contribution is 2.03. The minimum Gasteiger partial charge on any atom is -0.393 e. The zero-order valence-corrected chi connectivity index (χ0v) is 10.5. The molecule has 94 valence electrons. The van der Waals surface area contributed by atoms with Crippen LogP contribution in [0.1, 0.15) is 41.6 Å². The Morgan fingerprint density at radius 1 is 1.53 bits per heavy atom. The molecule has 0 radical (unpaired) electrons. The first-order valence-electron chi connectivity index (χ1n) is 5.81. The van der Waals surface area contributed by atoms with Gasteiger partial charge in [-0.1, -0.05) is 6.92 Å². The molecule has 5 nitrogen and oxygen atoms in total. The first-order valence-corrected chi connectivity index (χ1v) is 5.81. The maximum absolute atomic E-state index is 11.8. The van der Waals surface area contributed by atoms with Crippen molar-refractivity contribution in [3.05, 3.63) is 23.3 Å². The first-order chi connectivity index (χ1) is 8.04. The molecule has 1 heterocycles. The van der Waals surface area contributed by atoms with E-state index in [2.05, 4.69) is 15.3 Å². The second kappa shape index (κ2) is 6.30. The fourth-order valence-corrected chi connectivity index (χ4v) is 1.46. The molecule has 1 unspecified atom stereocenters. The molecule has 0 saturated heterocycles. The van der Waals surface area contributed by atoms with E-state index < -0.39 is 0 Å². The Kier molecular flexibility index (Phi) is 5.03. The van der Waals surface area contributed by atoms with E-state index in [1.807, 2.05) is 6.92 Å². The summed E-state index contributed by atoms with van der Waals surface area (Å²) in [6.07, 6.45) is 2.44. The SMILES string of the molecule is CCC(O)CCNC(=O)c1cnc(C)nc1C. The number of aromatic nitrogens is 2. The predicted molar refractivity (Wildman–Crippen MR) is 64.8 cm³/mol. The third-order valence-corrected chi connectivity index (χ3v) is 2.58. The van der Waals surface area contributed by atoms with Gasteiger partial charge in [0.25, 0.3) is 5.91 Å². The van der Waals surface area contributed by atoms with Gasteiger partial charge in [-0.05, 0) is 26.7 Å². The normalized spacial score (nSPS) is 12.2. The summed E-state index contributed by atoms with van der Waals surface area (Å²) in [5.41, 5.74) is 1.16. The van der Waals surface area contributed by atoms with Crippen molar-refractivity contribution in [2.24, 2.45) is 0 Å². The summed E-state index contributed by atoms with van der Waals surface area (Å²) >= 11 is 0. The van der Waals surface area contributed by atoms with E-state index in [1.54, 1.807) is 13.8 Å². The molecule has 0 bridgehead atoms. The average Bonchev–Trinajstić information content (AvgIpc) is 2.28. The number of hydrogen-bond donors (Lipinski definition) is 2. The van der Waals surface area contributed by atoms with Gasteiger partial charge in [-0.15, -0.1) is 0 Å². The van der Waals surface area contributed by atoms with Crippen molar-refractivity contribution in [2.45, 2.75) is 39.7 Å². The van der Waals surface area contributed by atoms with E-state index in [1.165, 1.54) is 6.20 Å². The molecule has 1 amide bonds. The topological polar surface area (TPSA) is 75.1 Å². The lowest BCUT2D eigenvalue weighted by molar-refractivity contribution is 0.0940. The van der Waals surface area contributed by atoms with Crippen molar-refractivity contribution in [2.75, 3.05) is 6.54 Å². The van der Waals surface area contributed by atoms with Crippen LogP contribution >= 0.6 is 0 Å². The number of aliphatic hydroxyl groups is 1. The predicted octanol–water partition coefficient (Wildman–Crippen LogP) is 0.984. The minimum atomic E-state index is -0.356. The molecule has 1 aromatic heterocycles. The highest BCUT2D eigenvalue weighted by molar-refractivity contribution is 5.94. The molecule has 2 N–H and O–H groups in total. The zero-order chi connectivity index (χ0) is 12.8. The van der Waals surface area contributed by atoms with Crippen LogP contribution in [-0.2, 0) is 0 Å². The molecule has 0 spiro atoms. The van der Waals surface area contributed by atoms with Crippen LogP contribution in [0.2, 0.25) is 0 Å². The van der Waals surface area contributed by atoms with Crippen LogP contribution in [0.4, 0.5) is 0 Å². The Hall–Kier alpha value is -1.49. The largest absolute Gasteiger partial charge is 0.393 e. The molecule has 0 aliphatic rings. The summed E-state index contributed by atoms with van der Waals surface area (Å²) in [4.78, 5) is 19.9. The quantitative estimate of drug-likeness (QED) is 0.800. The summed E-state index contributed by atoms with van der Waals surface area (Å²) in [6, 6.07) is 0. The molecular formula is C12H19N3O2. The Morgan fingerprint density at radius 2 is 2.24 bits per heavy atom. The molecule has 0 aliphatic carbocycles. The lowest BCUT2D eigenvalue weighted by atomic mass is 10.2. The second-order valence-electron chi connectivity index (χ2n) is 4.02. The van der Waals surface area contributed by atoms with E-state index in [-0.39, 0.29) is 12.0 Å². The van der Waals surface area contributed by atoms with Gasteiger partial charge in [-0.25, -0.2) is 9.97 Å². The van der Waals surface area contributed by atoms with Crippen LogP contribution in [0, 0.1) is 13.8 Å². The molecule has 17 heavy (non-hydrogen) atoms. The molecule has 1 rings (SSSR count). The van der Waals surface area contributed by atoms with Crippen molar-refractivity contribution >= 4 is 5.91 Å². The van der Waals surface area contributed by atoms with Gasteiger partial charge in [-0.2, -0.15) is 0 Å². The molecule has 1 atom stereocenters. The van der Waals surface area contributed by atoms with Crippen LogP contribution in [0.25, 0.3) is 0 Å². The number of aliphatic hydroxyl groups excluding tert-OH is 1. The fraction of sp³-hybridized carbons (Fsp3) is 0.583. The summed E-state index contributed by atoms with van der Waals surface area (Å²) in [5.74, 6) is 0.464. The van der Waals surface area contributed by atoms with Crippen molar-refractivity contribution < 1.29 is 9.90 Å². The van der Waals surface area contributed by atoms with E-state index in [9.17, 15) is 9.90 Å². The number of carbonyl (C=O) groups excluding carboxylic acids is 1.